The number of carbonyl (C=O) groups excluding carboxylic acids is 3. The molecule has 8 aliphatic rings. The number of rotatable bonds is 9. The summed E-state index contributed by atoms with van der Waals surface area (Å²) in [6.45, 7) is 9.80. The molecule has 55 heavy (non-hydrogen) atoms. The van der Waals surface area contributed by atoms with E-state index in [2.05, 4.69) is 29.8 Å². The second kappa shape index (κ2) is 16.5. The van der Waals surface area contributed by atoms with Crippen LogP contribution in [0.3, 0.4) is 0 Å². The predicted octanol–water partition coefficient (Wildman–Crippen LogP) is 7.83. The van der Waals surface area contributed by atoms with Crippen LogP contribution in [-0.4, -0.2) is 109 Å². The van der Waals surface area contributed by atoms with E-state index >= 15 is 4.79 Å². The summed E-state index contributed by atoms with van der Waals surface area (Å²) >= 11 is 0. The van der Waals surface area contributed by atoms with E-state index in [1.807, 2.05) is 12.0 Å². The zero-order valence-electron chi connectivity index (χ0n) is 34.8. The van der Waals surface area contributed by atoms with Gasteiger partial charge in [-0.25, -0.2) is 0 Å². The molecule has 3 saturated carbocycles. The van der Waals surface area contributed by atoms with Gasteiger partial charge in [-0.2, -0.15) is 0 Å². The van der Waals surface area contributed by atoms with Crippen molar-refractivity contribution in [1.29, 1.82) is 0 Å². The average Bonchev–Trinajstić information content (AvgIpc) is 3.63. The van der Waals surface area contributed by atoms with Gasteiger partial charge in [-0.15, -0.1) is 0 Å². The monoisotopic (exact) mass is 780 g/mol. The smallest absolute Gasteiger partial charge is 0.263 e. The Morgan fingerprint density at radius 2 is 1.64 bits per heavy atom. The fourth-order valence-corrected chi connectivity index (χ4v) is 19.1. The lowest BCUT2D eigenvalue weighted by Crippen LogP contribution is -2.53. The Hall–Kier alpha value is -1.75. The van der Waals surface area contributed by atoms with Crippen LogP contribution in [0.15, 0.2) is 11.3 Å². The number of allylic oxidation sites excluding steroid dienone is 1. The number of hydrogen-bond acceptors (Lipinski definition) is 6. The highest BCUT2D eigenvalue weighted by Gasteiger charge is 2.68. The largest absolute Gasteiger partial charge is 0.394 e. The van der Waals surface area contributed by atoms with Crippen LogP contribution in [0.4, 0.5) is 0 Å². The molecule has 3 amide bonds. The van der Waals surface area contributed by atoms with Crippen molar-refractivity contribution in [2.75, 3.05) is 33.4 Å². The van der Waals surface area contributed by atoms with Crippen molar-refractivity contribution in [3.63, 3.8) is 0 Å². The van der Waals surface area contributed by atoms with Gasteiger partial charge < -0.3 is 29.3 Å². The van der Waals surface area contributed by atoms with Crippen molar-refractivity contribution in [1.82, 2.24) is 14.7 Å². The van der Waals surface area contributed by atoms with Crippen molar-refractivity contribution in [3.05, 3.63) is 11.3 Å². The molecule has 3 saturated heterocycles. The molecular weight excluding hydrogens is 707 g/mol. The summed E-state index contributed by atoms with van der Waals surface area (Å²) in [4.78, 5) is 49.6. The molecule has 1 spiro atoms. The number of aliphatic hydroxyl groups is 1. The molecule has 308 valence electrons. The number of amides is 3. The maximum absolute atomic E-state index is 15.5. The van der Waals surface area contributed by atoms with Gasteiger partial charge in [0.1, 0.15) is 0 Å². The molecule has 4 aliphatic heterocycles. The number of ether oxygens (including phenoxy) is 2. The topological polar surface area (TPSA) is 99.6 Å². The normalized spacial score (nSPS) is 40.2. The van der Waals surface area contributed by atoms with E-state index in [1.54, 1.807) is 0 Å². The number of aliphatic hydroxyl groups excluding tert-OH is 1. The number of methoxy groups -OCH3 is 1. The lowest BCUT2D eigenvalue weighted by atomic mass is 9.73. The van der Waals surface area contributed by atoms with E-state index in [1.165, 1.54) is 37.0 Å². The fourth-order valence-electron chi connectivity index (χ4n) is 14.1. The molecular formula is C45H73N3O6Si. The Morgan fingerprint density at radius 1 is 0.891 bits per heavy atom. The third-order valence-electron chi connectivity index (χ3n) is 17.0. The molecule has 9 nitrogen and oxygen atoms in total. The fraction of sp³-hybridized carbons (Fsp3) is 0.889. The molecule has 6 fully saturated rings. The van der Waals surface area contributed by atoms with Gasteiger partial charge in [0.25, 0.3) is 5.91 Å². The molecule has 9 atom stereocenters. The Labute approximate surface area is 332 Å². The maximum atomic E-state index is 15.5. The van der Waals surface area contributed by atoms with Gasteiger partial charge in [0.2, 0.25) is 11.8 Å². The molecule has 8 rings (SSSR count). The third-order valence-corrected chi connectivity index (χ3v) is 22.3. The molecule has 4 aliphatic carbocycles. The molecule has 1 N–H and O–H groups in total. The lowest BCUT2D eigenvalue weighted by Gasteiger charge is -2.47. The maximum Gasteiger partial charge on any atom is 0.263 e. The summed E-state index contributed by atoms with van der Waals surface area (Å²) in [6.07, 6.45) is 21.6. The predicted molar refractivity (Wildman–Crippen MR) is 217 cm³/mol. The van der Waals surface area contributed by atoms with Crippen LogP contribution in [0.1, 0.15) is 142 Å². The summed E-state index contributed by atoms with van der Waals surface area (Å²) in [5.41, 5.74) is 2.23. The first kappa shape index (κ1) is 40.0. The van der Waals surface area contributed by atoms with Gasteiger partial charge in [0.15, 0.2) is 5.60 Å². The van der Waals surface area contributed by atoms with E-state index in [4.69, 9.17) is 9.47 Å². The Balaban J connectivity index is 1.08. The van der Waals surface area contributed by atoms with Gasteiger partial charge in [-0.1, -0.05) is 58.5 Å². The van der Waals surface area contributed by atoms with Crippen LogP contribution >= 0.6 is 0 Å². The van der Waals surface area contributed by atoms with Gasteiger partial charge in [0, 0.05) is 50.8 Å². The molecule has 0 aromatic rings. The second-order valence-corrected chi connectivity index (χ2v) is 25.3. The van der Waals surface area contributed by atoms with Crippen molar-refractivity contribution in [2.24, 2.45) is 23.7 Å². The molecule has 0 bridgehead atoms. The second-order valence-electron chi connectivity index (χ2n) is 20.1. The van der Waals surface area contributed by atoms with Gasteiger partial charge in [-0.3, -0.25) is 14.4 Å². The van der Waals surface area contributed by atoms with E-state index in [0.717, 1.165) is 116 Å². The first-order chi connectivity index (χ1) is 26.6. The highest BCUT2D eigenvalue weighted by atomic mass is 28.3. The van der Waals surface area contributed by atoms with Crippen LogP contribution < -0.4 is 0 Å². The number of piperidine rings is 2. The van der Waals surface area contributed by atoms with Crippen LogP contribution in [0.5, 0.6) is 0 Å². The summed E-state index contributed by atoms with van der Waals surface area (Å²) < 4.78 is 13.3. The van der Waals surface area contributed by atoms with E-state index in [0.29, 0.717) is 54.2 Å². The van der Waals surface area contributed by atoms with Gasteiger partial charge >= 0.3 is 0 Å². The summed E-state index contributed by atoms with van der Waals surface area (Å²) in [6, 6.07) is 0.171. The van der Waals surface area contributed by atoms with Crippen molar-refractivity contribution in [3.8, 4) is 0 Å². The zero-order valence-corrected chi connectivity index (χ0v) is 35.8. The Bertz CT molecular complexity index is 1460. The van der Waals surface area contributed by atoms with Crippen molar-refractivity contribution >= 4 is 25.8 Å². The molecule has 0 aromatic heterocycles. The minimum atomic E-state index is -2.12. The SMILES string of the molecule is COC1CCC([Si](C)(C)[C@@H]2[C@@H](CC(=O)N3CC4CCCCC4C[C@H]3CO)O[C@]3(C(=O)N(CC4CCCC(N5CCCCC5=O)C4)C4=C3CCCC4)[C@H]2C)CC1. The Morgan fingerprint density at radius 3 is 2.38 bits per heavy atom. The highest BCUT2D eigenvalue weighted by Crippen LogP contribution is 2.62. The average molecular weight is 780 g/mol. The lowest BCUT2D eigenvalue weighted by molar-refractivity contribution is -0.154. The van der Waals surface area contributed by atoms with E-state index in [9.17, 15) is 14.7 Å². The van der Waals surface area contributed by atoms with Crippen molar-refractivity contribution in [2.45, 2.75) is 196 Å². The van der Waals surface area contributed by atoms with Crippen LogP contribution in [0.25, 0.3) is 0 Å². The van der Waals surface area contributed by atoms with Crippen LogP contribution in [-0.2, 0) is 23.9 Å². The van der Waals surface area contributed by atoms with Gasteiger partial charge in [0.05, 0.1) is 39.4 Å². The molecule has 4 unspecified atom stereocenters. The molecule has 4 heterocycles. The summed E-state index contributed by atoms with van der Waals surface area (Å²) in [5, 5.41) is 10.6. The number of likely N-dealkylation sites (tertiary alicyclic amines) is 2. The minimum Gasteiger partial charge on any atom is -0.394 e. The van der Waals surface area contributed by atoms with E-state index in [-0.39, 0.29) is 42.0 Å². The highest BCUT2D eigenvalue weighted by molar-refractivity contribution is 6.80. The number of hydrogen-bond donors (Lipinski definition) is 1. The van der Waals surface area contributed by atoms with Crippen LogP contribution in [0.2, 0.25) is 24.2 Å². The molecule has 0 radical (unpaired) electrons. The molecule has 0 aromatic carbocycles. The quantitative estimate of drug-likeness (QED) is 0.240. The Kier molecular flexibility index (Phi) is 12.0. The first-order valence-corrected chi connectivity index (χ1v) is 26.2. The zero-order chi connectivity index (χ0) is 38.5. The number of nitrogens with zero attached hydrogens (tertiary/aromatic N) is 3. The van der Waals surface area contributed by atoms with Crippen molar-refractivity contribution < 1.29 is 29.0 Å². The van der Waals surface area contributed by atoms with Crippen LogP contribution in [0, 0.1) is 23.7 Å². The summed E-state index contributed by atoms with van der Waals surface area (Å²) in [7, 11) is -0.276. The minimum absolute atomic E-state index is 0.00416. The molecule has 10 heteroatoms. The standard InChI is InChI=1S/C45H73N3O6Si/c1-30-43(55(3,4)37-21-19-36(53-2)20-22-37)40(26-42(51)47-28-33-14-6-5-13-32(33)25-35(47)29-49)54-45(30)38-16-7-8-17-39(38)48(44(45)52)27-31-12-11-15-34(24-31)46-23-10-9-18-41(46)50/h30-37,40,43,49H,5-29H2,1-4H3/t30-,31?,32?,33?,34?,35-,36?,37?,40+,43-,45+/m0/s1. The number of carbonyl (C=O) groups is 3. The number of fused-ring (bicyclic) bond motifs is 2. The van der Waals surface area contributed by atoms with Gasteiger partial charge in [-0.05, 0) is 118 Å². The first-order valence-electron chi connectivity index (χ1n) is 23.0. The van der Waals surface area contributed by atoms with E-state index < -0.39 is 13.7 Å². The summed E-state index contributed by atoms with van der Waals surface area (Å²) in [5.74, 6) is 2.09. The third kappa shape index (κ3) is 7.32.